The zero-order chi connectivity index (χ0) is 14.3. The van der Waals surface area contributed by atoms with Crippen LogP contribution in [-0.2, 0) is 17.6 Å². The maximum Gasteiger partial charge on any atom is 0.336 e. The summed E-state index contributed by atoms with van der Waals surface area (Å²) in [6.45, 7) is 0. The van der Waals surface area contributed by atoms with Crippen molar-refractivity contribution in [3.63, 3.8) is 0 Å². The summed E-state index contributed by atoms with van der Waals surface area (Å²) in [5, 5.41) is 10.7. The summed E-state index contributed by atoms with van der Waals surface area (Å²) in [7, 11) is 1.65. The number of halogens is 1. The molecule has 1 aliphatic carbocycles. The normalized spacial score (nSPS) is 18.0. The van der Waals surface area contributed by atoms with Crippen molar-refractivity contribution in [1.29, 1.82) is 0 Å². The minimum absolute atomic E-state index is 0.0547. The molecule has 1 unspecified atom stereocenters. The highest BCUT2D eigenvalue weighted by Gasteiger charge is 2.26. The second-order valence-electron chi connectivity index (χ2n) is 4.98. The lowest BCUT2D eigenvalue weighted by Gasteiger charge is -2.25. The number of nitrogens with zero attached hydrogens (tertiary/aromatic N) is 1. The van der Waals surface area contributed by atoms with Gasteiger partial charge in [-0.25, -0.2) is 4.79 Å². The van der Waals surface area contributed by atoms with E-state index in [9.17, 15) is 9.90 Å². The second kappa shape index (κ2) is 5.04. The van der Waals surface area contributed by atoms with E-state index in [0.29, 0.717) is 27.9 Å². The van der Waals surface area contributed by atoms with Gasteiger partial charge in [0.2, 0.25) is 0 Å². The molecule has 1 atom stereocenters. The van der Waals surface area contributed by atoms with E-state index >= 15 is 0 Å². The van der Waals surface area contributed by atoms with Crippen LogP contribution in [0.5, 0.6) is 0 Å². The summed E-state index contributed by atoms with van der Waals surface area (Å²) in [5.74, 6) is -0.937. The van der Waals surface area contributed by atoms with Gasteiger partial charge in [-0.2, -0.15) is 0 Å². The van der Waals surface area contributed by atoms with Crippen molar-refractivity contribution < 1.29 is 14.6 Å². The van der Waals surface area contributed by atoms with Crippen LogP contribution in [0.1, 0.15) is 28.0 Å². The Morgan fingerprint density at radius 2 is 2.30 bits per heavy atom. The fourth-order valence-corrected chi connectivity index (χ4v) is 3.00. The van der Waals surface area contributed by atoms with Gasteiger partial charge in [-0.05, 0) is 36.6 Å². The topological polar surface area (TPSA) is 59.4 Å². The number of ether oxygens (including phenoxy) is 1. The smallest absolute Gasteiger partial charge is 0.336 e. The maximum absolute atomic E-state index is 11.7. The van der Waals surface area contributed by atoms with Gasteiger partial charge in [0.1, 0.15) is 0 Å². The highest BCUT2D eigenvalue weighted by Crippen LogP contribution is 2.31. The highest BCUT2D eigenvalue weighted by atomic mass is 35.5. The van der Waals surface area contributed by atoms with E-state index in [1.165, 1.54) is 0 Å². The predicted molar refractivity (Wildman–Crippen MR) is 76.5 cm³/mol. The summed E-state index contributed by atoms with van der Waals surface area (Å²) in [4.78, 5) is 16.3. The molecule has 0 aliphatic heterocycles. The first-order valence-corrected chi connectivity index (χ1v) is 6.85. The zero-order valence-corrected chi connectivity index (χ0v) is 11.8. The SMILES string of the molecule is COC1CCc2nc3ccc(Cl)cc3c(C(=O)O)c2C1. The Morgan fingerprint density at radius 1 is 1.50 bits per heavy atom. The van der Waals surface area contributed by atoms with E-state index in [4.69, 9.17) is 16.3 Å². The van der Waals surface area contributed by atoms with Crippen molar-refractivity contribution >= 4 is 28.5 Å². The van der Waals surface area contributed by atoms with Gasteiger partial charge in [-0.3, -0.25) is 4.98 Å². The Balaban J connectivity index is 2.30. The number of hydrogen-bond donors (Lipinski definition) is 1. The Hall–Kier alpha value is -1.65. The Kier molecular flexibility index (Phi) is 3.36. The molecule has 20 heavy (non-hydrogen) atoms. The van der Waals surface area contributed by atoms with Crippen molar-refractivity contribution in [2.75, 3.05) is 7.11 Å². The number of hydrogen-bond acceptors (Lipinski definition) is 3. The monoisotopic (exact) mass is 291 g/mol. The van der Waals surface area contributed by atoms with Gasteiger partial charge in [-0.15, -0.1) is 0 Å². The number of aromatic nitrogens is 1. The highest BCUT2D eigenvalue weighted by molar-refractivity contribution is 6.31. The number of aromatic carboxylic acids is 1. The molecule has 1 aliphatic rings. The van der Waals surface area contributed by atoms with E-state index in [1.807, 2.05) is 0 Å². The first-order valence-electron chi connectivity index (χ1n) is 6.47. The number of fused-ring (bicyclic) bond motifs is 2. The second-order valence-corrected chi connectivity index (χ2v) is 5.42. The Morgan fingerprint density at radius 3 is 3.00 bits per heavy atom. The lowest BCUT2D eigenvalue weighted by atomic mass is 9.88. The largest absolute Gasteiger partial charge is 0.478 e. The fraction of sp³-hybridized carbons (Fsp3) is 0.333. The molecule has 2 aromatic rings. The average Bonchev–Trinajstić information content (AvgIpc) is 2.43. The van der Waals surface area contributed by atoms with E-state index < -0.39 is 5.97 Å². The van der Waals surface area contributed by atoms with Gasteiger partial charge >= 0.3 is 5.97 Å². The molecule has 0 saturated heterocycles. The van der Waals surface area contributed by atoms with E-state index in [0.717, 1.165) is 24.1 Å². The number of carboxylic acids is 1. The van der Waals surface area contributed by atoms with Gasteiger partial charge < -0.3 is 9.84 Å². The van der Waals surface area contributed by atoms with Crippen LogP contribution in [0.25, 0.3) is 10.9 Å². The minimum atomic E-state index is -0.937. The van der Waals surface area contributed by atoms with Crippen molar-refractivity contribution in [2.45, 2.75) is 25.4 Å². The molecule has 0 amide bonds. The van der Waals surface area contributed by atoms with Crippen LogP contribution >= 0.6 is 11.6 Å². The third-order valence-corrected chi connectivity index (χ3v) is 4.05. The quantitative estimate of drug-likeness (QED) is 0.924. The Bertz CT molecular complexity index is 699. The number of rotatable bonds is 2. The third kappa shape index (κ3) is 2.15. The van der Waals surface area contributed by atoms with Crippen LogP contribution in [0.15, 0.2) is 18.2 Å². The first kappa shape index (κ1) is 13.3. The van der Waals surface area contributed by atoms with Crippen LogP contribution in [0.4, 0.5) is 0 Å². The van der Waals surface area contributed by atoms with Crippen molar-refractivity contribution in [1.82, 2.24) is 4.98 Å². The van der Waals surface area contributed by atoms with Crippen LogP contribution < -0.4 is 0 Å². The lowest BCUT2D eigenvalue weighted by Crippen LogP contribution is -2.24. The molecule has 1 heterocycles. The molecule has 1 aromatic carbocycles. The first-order chi connectivity index (χ1) is 9.60. The van der Waals surface area contributed by atoms with Gasteiger partial charge in [0, 0.05) is 29.6 Å². The third-order valence-electron chi connectivity index (χ3n) is 3.82. The number of methoxy groups -OCH3 is 1. The molecule has 0 spiro atoms. The van der Waals surface area contributed by atoms with Crippen LogP contribution in [0.3, 0.4) is 0 Å². The summed E-state index contributed by atoms with van der Waals surface area (Å²) in [5.41, 5.74) is 2.64. The summed E-state index contributed by atoms with van der Waals surface area (Å²) < 4.78 is 5.37. The van der Waals surface area contributed by atoms with Gasteiger partial charge in [0.25, 0.3) is 0 Å². The van der Waals surface area contributed by atoms with Crippen molar-refractivity contribution in [2.24, 2.45) is 0 Å². The molecule has 1 aromatic heterocycles. The number of aryl methyl sites for hydroxylation is 1. The molecule has 1 N–H and O–H groups in total. The number of benzene rings is 1. The van der Waals surface area contributed by atoms with Crippen LogP contribution in [0.2, 0.25) is 5.02 Å². The van der Waals surface area contributed by atoms with Gasteiger partial charge in [0.15, 0.2) is 0 Å². The van der Waals surface area contributed by atoms with Crippen LogP contribution in [0, 0.1) is 0 Å². The van der Waals surface area contributed by atoms with Crippen molar-refractivity contribution in [3.05, 3.63) is 40.0 Å². The number of carbonyl (C=O) groups is 1. The minimum Gasteiger partial charge on any atom is -0.478 e. The van der Waals surface area contributed by atoms with Gasteiger partial charge in [0.05, 0.1) is 17.2 Å². The molecule has 104 valence electrons. The lowest BCUT2D eigenvalue weighted by molar-refractivity contribution is 0.0690. The molecule has 3 rings (SSSR count). The van der Waals surface area contributed by atoms with Crippen LogP contribution in [-0.4, -0.2) is 29.3 Å². The summed E-state index contributed by atoms with van der Waals surface area (Å²) >= 11 is 5.99. The fourth-order valence-electron chi connectivity index (χ4n) is 2.83. The van der Waals surface area contributed by atoms with Gasteiger partial charge in [-0.1, -0.05) is 11.6 Å². The van der Waals surface area contributed by atoms with E-state index in [-0.39, 0.29) is 6.10 Å². The Labute approximate surface area is 121 Å². The molecule has 4 nitrogen and oxygen atoms in total. The van der Waals surface area contributed by atoms with Crippen molar-refractivity contribution in [3.8, 4) is 0 Å². The predicted octanol–water partition coefficient (Wildman–Crippen LogP) is 3.09. The summed E-state index contributed by atoms with van der Waals surface area (Å²) in [6, 6.07) is 5.17. The molecular weight excluding hydrogens is 278 g/mol. The molecule has 5 heteroatoms. The maximum atomic E-state index is 11.7. The standard InChI is InChI=1S/C15H14ClNO3/c1-20-9-3-5-13-11(7-9)14(15(18)19)10-6-8(16)2-4-12(10)17-13/h2,4,6,9H,3,5,7H2,1H3,(H,18,19). The average molecular weight is 292 g/mol. The number of pyridine rings is 1. The van der Waals surface area contributed by atoms with E-state index in [2.05, 4.69) is 4.98 Å². The molecule has 0 bridgehead atoms. The molecule has 0 saturated carbocycles. The molecule has 0 radical (unpaired) electrons. The zero-order valence-electron chi connectivity index (χ0n) is 11.0. The van der Waals surface area contributed by atoms with E-state index in [1.54, 1.807) is 25.3 Å². The number of carboxylic acid groups (broad SMARTS) is 1. The molecule has 0 fully saturated rings. The summed E-state index contributed by atoms with van der Waals surface area (Å²) in [6.07, 6.45) is 2.25. The molecular formula is C15H14ClNO3.